The number of amides is 1. The predicted molar refractivity (Wildman–Crippen MR) is 131 cm³/mol. The van der Waals surface area contributed by atoms with Crippen molar-refractivity contribution in [2.45, 2.75) is 29.7 Å². The molecule has 0 unspecified atom stereocenters. The minimum Gasteiger partial charge on any atom is -0.383 e. The number of nitrogens with zero attached hydrogens (tertiary/aromatic N) is 5. The van der Waals surface area contributed by atoms with E-state index < -0.39 is 15.9 Å². The maximum Gasteiger partial charge on any atom is 0.264 e. The summed E-state index contributed by atoms with van der Waals surface area (Å²) in [6, 6.07) is 11.2. The van der Waals surface area contributed by atoms with E-state index in [-0.39, 0.29) is 44.5 Å². The molecule has 0 spiro atoms. The molecule has 178 valence electrons. The van der Waals surface area contributed by atoms with Crippen LogP contribution in [0.1, 0.15) is 36.5 Å². The highest BCUT2D eigenvalue weighted by Crippen LogP contribution is 2.33. The first kappa shape index (κ1) is 25.4. The molecular formula is C22H20N8O3S2. The maximum atomic E-state index is 12.5. The molecule has 0 aliphatic heterocycles. The van der Waals surface area contributed by atoms with Gasteiger partial charge in [0.2, 0.25) is 11.9 Å². The Morgan fingerprint density at radius 1 is 1.11 bits per heavy atom. The minimum atomic E-state index is -3.90. The Hall–Kier alpha value is -4.20. The third kappa shape index (κ3) is 6.03. The van der Waals surface area contributed by atoms with E-state index in [2.05, 4.69) is 31.1 Å². The Balaban J connectivity index is 1.69. The lowest BCUT2D eigenvalue weighted by molar-refractivity contribution is -0.113. The number of thioether (sulfide) groups is 1. The van der Waals surface area contributed by atoms with Crippen molar-refractivity contribution >= 4 is 45.1 Å². The average molecular weight is 509 g/mol. The molecule has 0 saturated heterocycles. The van der Waals surface area contributed by atoms with Crippen molar-refractivity contribution in [1.82, 2.24) is 15.0 Å². The summed E-state index contributed by atoms with van der Waals surface area (Å²) < 4.78 is 27.2. The van der Waals surface area contributed by atoms with E-state index >= 15 is 0 Å². The lowest BCUT2D eigenvalue weighted by atomic mass is 9.94. The summed E-state index contributed by atoms with van der Waals surface area (Å²) in [6.07, 6.45) is 2.82. The highest BCUT2D eigenvalue weighted by Gasteiger charge is 2.22. The highest BCUT2D eigenvalue weighted by atomic mass is 32.2. The summed E-state index contributed by atoms with van der Waals surface area (Å²) in [5.74, 6) is -0.685. The van der Waals surface area contributed by atoms with Gasteiger partial charge < -0.3 is 11.1 Å². The summed E-state index contributed by atoms with van der Waals surface area (Å²) in [7, 11) is -3.90. The molecule has 2 aromatic heterocycles. The number of anilines is 3. The van der Waals surface area contributed by atoms with E-state index in [4.69, 9.17) is 5.73 Å². The number of nitrogens with one attached hydrogen (secondary N) is 2. The van der Waals surface area contributed by atoms with Crippen molar-refractivity contribution in [3.63, 3.8) is 0 Å². The Labute approximate surface area is 206 Å². The van der Waals surface area contributed by atoms with Gasteiger partial charge in [0, 0.05) is 18.1 Å². The number of nitrogen functional groups attached to an aromatic ring is 1. The quantitative estimate of drug-likeness (QED) is 0.382. The molecule has 2 heterocycles. The minimum absolute atomic E-state index is 0.00409. The van der Waals surface area contributed by atoms with Gasteiger partial charge in [0.15, 0.2) is 0 Å². The van der Waals surface area contributed by atoms with Crippen LogP contribution < -0.4 is 15.8 Å². The van der Waals surface area contributed by atoms with Gasteiger partial charge in [-0.1, -0.05) is 25.6 Å². The van der Waals surface area contributed by atoms with E-state index in [1.54, 1.807) is 6.07 Å². The normalized spacial score (nSPS) is 10.9. The molecule has 0 radical (unpaired) electrons. The van der Waals surface area contributed by atoms with Crippen LogP contribution in [0, 0.1) is 22.7 Å². The fourth-order valence-electron chi connectivity index (χ4n) is 3.09. The number of carbonyl (C=O) groups excluding carboxylic acids is 1. The zero-order valence-corrected chi connectivity index (χ0v) is 20.3. The van der Waals surface area contributed by atoms with Gasteiger partial charge in [-0.3, -0.25) is 4.79 Å². The number of hydrogen-bond acceptors (Lipinski definition) is 10. The van der Waals surface area contributed by atoms with Gasteiger partial charge in [-0.15, -0.1) is 0 Å². The molecule has 3 rings (SSSR count). The second-order valence-electron chi connectivity index (χ2n) is 7.38. The zero-order chi connectivity index (χ0) is 25.6. The van der Waals surface area contributed by atoms with Crippen LogP contribution in [-0.2, 0) is 14.8 Å². The van der Waals surface area contributed by atoms with Crippen LogP contribution in [0.5, 0.6) is 0 Å². The zero-order valence-electron chi connectivity index (χ0n) is 18.7. The van der Waals surface area contributed by atoms with Crippen molar-refractivity contribution in [3.05, 3.63) is 59.4 Å². The van der Waals surface area contributed by atoms with Gasteiger partial charge in [-0.2, -0.15) is 10.5 Å². The van der Waals surface area contributed by atoms with E-state index in [0.717, 1.165) is 11.8 Å². The monoisotopic (exact) mass is 508 g/mol. The first-order valence-electron chi connectivity index (χ1n) is 10.1. The van der Waals surface area contributed by atoms with Crippen LogP contribution in [0.3, 0.4) is 0 Å². The van der Waals surface area contributed by atoms with Crippen molar-refractivity contribution in [1.29, 1.82) is 10.5 Å². The van der Waals surface area contributed by atoms with E-state index in [1.165, 1.54) is 36.7 Å². The average Bonchev–Trinajstić information content (AvgIpc) is 2.82. The molecule has 1 amide bonds. The second kappa shape index (κ2) is 10.8. The van der Waals surface area contributed by atoms with Gasteiger partial charge in [-0.05, 0) is 41.8 Å². The lowest BCUT2D eigenvalue weighted by Crippen LogP contribution is -2.16. The second-order valence-corrected chi connectivity index (χ2v) is 10.0. The van der Waals surface area contributed by atoms with Crippen LogP contribution in [0.15, 0.2) is 52.6 Å². The number of nitriles is 2. The van der Waals surface area contributed by atoms with Crippen LogP contribution >= 0.6 is 11.8 Å². The van der Waals surface area contributed by atoms with E-state index in [1.807, 2.05) is 19.9 Å². The molecule has 4 N–H and O–H groups in total. The maximum absolute atomic E-state index is 12.5. The van der Waals surface area contributed by atoms with Crippen LogP contribution in [0.25, 0.3) is 0 Å². The number of aromatic nitrogens is 3. The van der Waals surface area contributed by atoms with E-state index in [9.17, 15) is 23.7 Å². The standard InChI is InChI=1S/C22H20N8O3S2/c1-13(2)19-16(10-23)20(25)29-21(17(19)11-24)34-12-18(31)28-14-4-6-15(7-5-14)35(32,33)30-22-26-8-3-9-27-22/h3-9,13H,12H2,1-2H3,(H2,25,29)(H,28,31)(H,26,27,30). The van der Waals surface area contributed by atoms with Gasteiger partial charge in [0.1, 0.15) is 23.0 Å². The SMILES string of the molecule is CC(C)c1c(C#N)c(N)nc(SCC(=O)Nc2ccc(S(=O)(=O)Nc3ncccn3)cc2)c1C#N. The molecular weight excluding hydrogens is 488 g/mol. The summed E-state index contributed by atoms with van der Waals surface area (Å²) in [5, 5.41) is 21.9. The third-order valence-corrected chi connectivity index (χ3v) is 6.93. The molecule has 0 aliphatic carbocycles. The van der Waals surface area contributed by atoms with Crippen molar-refractivity contribution < 1.29 is 13.2 Å². The molecule has 13 heteroatoms. The first-order chi connectivity index (χ1) is 16.7. The molecule has 0 fully saturated rings. The number of nitrogens with two attached hydrogens (primary N) is 1. The summed E-state index contributed by atoms with van der Waals surface area (Å²) in [4.78, 5) is 24.2. The smallest absolute Gasteiger partial charge is 0.264 e. The number of rotatable bonds is 8. The van der Waals surface area contributed by atoms with Crippen LogP contribution in [0.2, 0.25) is 0 Å². The number of carbonyl (C=O) groups is 1. The van der Waals surface area contributed by atoms with Crippen molar-refractivity contribution in [3.8, 4) is 12.1 Å². The topological polar surface area (TPSA) is 188 Å². The fourth-order valence-corrected chi connectivity index (χ4v) is 4.85. The van der Waals surface area contributed by atoms with Gasteiger partial charge in [0.25, 0.3) is 10.0 Å². The predicted octanol–water partition coefficient (Wildman–Crippen LogP) is 2.85. The third-order valence-electron chi connectivity index (χ3n) is 4.61. The van der Waals surface area contributed by atoms with Crippen molar-refractivity contribution in [2.24, 2.45) is 0 Å². The van der Waals surface area contributed by atoms with Gasteiger partial charge >= 0.3 is 0 Å². The molecule has 1 aromatic carbocycles. The molecule has 35 heavy (non-hydrogen) atoms. The first-order valence-corrected chi connectivity index (χ1v) is 12.6. The molecule has 0 aliphatic rings. The molecule has 11 nitrogen and oxygen atoms in total. The Morgan fingerprint density at radius 3 is 2.31 bits per heavy atom. The van der Waals surface area contributed by atoms with E-state index in [0.29, 0.717) is 11.3 Å². The Bertz CT molecular complexity index is 1430. The van der Waals surface area contributed by atoms with Crippen LogP contribution in [-0.4, -0.2) is 35.0 Å². The Morgan fingerprint density at radius 2 is 1.74 bits per heavy atom. The summed E-state index contributed by atoms with van der Waals surface area (Å²) in [5.41, 5.74) is 7.15. The number of benzene rings is 1. The van der Waals surface area contributed by atoms with Gasteiger partial charge in [-0.25, -0.2) is 28.1 Å². The largest absolute Gasteiger partial charge is 0.383 e. The number of pyridine rings is 1. The lowest BCUT2D eigenvalue weighted by Gasteiger charge is -2.15. The summed E-state index contributed by atoms with van der Waals surface area (Å²) in [6.45, 7) is 3.67. The Kier molecular flexibility index (Phi) is 7.86. The van der Waals surface area contributed by atoms with Crippen molar-refractivity contribution in [2.75, 3.05) is 21.5 Å². The van der Waals surface area contributed by atoms with Crippen LogP contribution in [0.4, 0.5) is 17.5 Å². The molecule has 0 saturated carbocycles. The molecule has 0 bridgehead atoms. The molecule has 0 atom stereocenters. The fraction of sp³-hybridized carbons (Fsp3) is 0.182. The van der Waals surface area contributed by atoms with Gasteiger partial charge in [0.05, 0.1) is 21.8 Å². The number of sulfonamides is 1. The highest BCUT2D eigenvalue weighted by molar-refractivity contribution is 8.00. The number of hydrogen-bond donors (Lipinski definition) is 3. The molecule has 3 aromatic rings. The summed E-state index contributed by atoms with van der Waals surface area (Å²) >= 11 is 1.02.